The van der Waals surface area contributed by atoms with E-state index in [1.807, 2.05) is 6.92 Å². The number of nitrogens with two attached hydrogens (primary N) is 1. The van der Waals surface area contributed by atoms with Crippen molar-refractivity contribution in [3.05, 3.63) is 41.9 Å². The molecule has 3 nitrogen and oxygen atoms in total. The summed E-state index contributed by atoms with van der Waals surface area (Å²) in [4.78, 5) is 7.30. The third-order valence-corrected chi connectivity index (χ3v) is 2.99. The maximum absolute atomic E-state index is 12.5. The third-order valence-electron chi connectivity index (χ3n) is 2.99. The van der Waals surface area contributed by atoms with Crippen LogP contribution in [0.15, 0.2) is 30.5 Å². The average Bonchev–Trinajstić information content (AvgIpc) is 2.84. The zero-order valence-corrected chi connectivity index (χ0v) is 11.0. The summed E-state index contributed by atoms with van der Waals surface area (Å²) in [6.45, 7) is 1.92. The molecule has 1 unspecified atom stereocenters. The van der Waals surface area contributed by atoms with Gasteiger partial charge < -0.3 is 10.7 Å². The third kappa shape index (κ3) is 3.60. The van der Waals surface area contributed by atoms with E-state index in [-0.39, 0.29) is 6.04 Å². The Bertz CT molecular complexity index is 556. The Morgan fingerprint density at radius 2 is 1.90 bits per heavy atom. The molecule has 20 heavy (non-hydrogen) atoms. The summed E-state index contributed by atoms with van der Waals surface area (Å²) in [5.74, 6) is 0.789. The molecule has 0 aliphatic heterocycles. The largest absolute Gasteiger partial charge is 0.416 e. The number of imidazole rings is 1. The highest BCUT2D eigenvalue weighted by Crippen LogP contribution is 2.30. The first-order chi connectivity index (χ1) is 9.36. The normalized spacial score (nSPS) is 13.4. The molecule has 1 atom stereocenters. The molecule has 0 amide bonds. The highest BCUT2D eigenvalue weighted by molar-refractivity contribution is 5.58. The predicted molar refractivity (Wildman–Crippen MR) is 71.0 cm³/mol. The van der Waals surface area contributed by atoms with Gasteiger partial charge in [0.2, 0.25) is 0 Å². The molecule has 108 valence electrons. The van der Waals surface area contributed by atoms with Crippen LogP contribution in [0, 0.1) is 0 Å². The fourth-order valence-electron chi connectivity index (χ4n) is 1.84. The van der Waals surface area contributed by atoms with E-state index in [9.17, 15) is 13.2 Å². The molecule has 1 aromatic carbocycles. The molecule has 1 aromatic heterocycles. The van der Waals surface area contributed by atoms with Crippen molar-refractivity contribution in [3.8, 4) is 11.3 Å². The molecule has 2 rings (SSSR count). The SMILES string of the molecule is CC(N)CCc1ncc(-c2ccc(C(F)(F)F)cc2)[nH]1. The Kier molecular flexibility index (Phi) is 4.13. The maximum Gasteiger partial charge on any atom is 0.416 e. The predicted octanol–water partition coefficient (Wildman–Crippen LogP) is 3.38. The van der Waals surface area contributed by atoms with Crippen molar-refractivity contribution in [2.75, 3.05) is 0 Å². The number of aromatic nitrogens is 2. The summed E-state index contributed by atoms with van der Waals surface area (Å²) in [5.41, 5.74) is 6.40. The highest BCUT2D eigenvalue weighted by Gasteiger charge is 2.29. The fraction of sp³-hybridized carbons (Fsp3) is 0.357. The number of aromatic amines is 1. The zero-order valence-electron chi connectivity index (χ0n) is 11.0. The van der Waals surface area contributed by atoms with Crippen LogP contribution in [0.25, 0.3) is 11.3 Å². The molecule has 0 saturated heterocycles. The smallest absolute Gasteiger partial charge is 0.342 e. The number of benzene rings is 1. The molecule has 2 aromatic rings. The first-order valence-electron chi connectivity index (χ1n) is 6.33. The van der Waals surface area contributed by atoms with Crippen LogP contribution in [-0.4, -0.2) is 16.0 Å². The number of alkyl halides is 3. The summed E-state index contributed by atoms with van der Waals surface area (Å²) in [7, 11) is 0. The standard InChI is InChI=1S/C14H16F3N3/c1-9(18)2-7-13-19-8-12(20-13)10-3-5-11(6-4-10)14(15,16)17/h3-6,8-9H,2,7,18H2,1H3,(H,19,20). The number of hydrogen-bond acceptors (Lipinski definition) is 2. The lowest BCUT2D eigenvalue weighted by molar-refractivity contribution is -0.137. The molecule has 6 heteroatoms. The topological polar surface area (TPSA) is 54.7 Å². The molecule has 0 bridgehead atoms. The minimum absolute atomic E-state index is 0.0922. The van der Waals surface area contributed by atoms with Gasteiger partial charge in [0.05, 0.1) is 17.5 Å². The molecular formula is C14H16F3N3. The summed E-state index contributed by atoms with van der Waals surface area (Å²) >= 11 is 0. The number of halogens is 3. The van der Waals surface area contributed by atoms with Crippen LogP contribution in [0.1, 0.15) is 24.7 Å². The van der Waals surface area contributed by atoms with Crippen molar-refractivity contribution < 1.29 is 13.2 Å². The van der Waals surface area contributed by atoms with Gasteiger partial charge in [0.1, 0.15) is 5.82 Å². The Hall–Kier alpha value is -1.82. The Morgan fingerprint density at radius 1 is 1.25 bits per heavy atom. The van der Waals surface area contributed by atoms with E-state index in [1.54, 1.807) is 6.20 Å². The first kappa shape index (κ1) is 14.6. The quantitative estimate of drug-likeness (QED) is 0.903. The Balaban J connectivity index is 2.12. The van der Waals surface area contributed by atoms with Gasteiger partial charge in [0.15, 0.2) is 0 Å². The molecule has 1 heterocycles. The van der Waals surface area contributed by atoms with Crippen LogP contribution in [0.2, 0.25) is 0 Å². The van der Waals surface area contributed by atoms with Crippen LogP contribution in [0.4, 0.5) is 13.2 Å². The van der Waals surface area contributed by atoms with E-state index in [4.69, 9.17) is 5.73 Å². The van der Waals surface area contributed by atoms with Crippen molar-refractivity contribution in [2.45, 2.75) is 32.0 Å². The summed E-state index contributed by atoms with van der Waals surface area (Å²) < 4.78 is 37.4. The van der Waals surface area contributed by atoms with E-state index in [0.717, 1.165) is 30.8 Å². The van der Waals surface area contributed by atoms with E-state index in [2.05, 4.69) is 9.97 Å². The van der Waals surface area contributed by atoms with Gasteiger partial charge in [0, 0.05) is 12.5 Å². The van der Waals surface area contributed by atoms with Gasteiger partial charge in [-0.1, -0.05) is 12.1 Å². The van der Waals surface area contributed by atoms with Crippen LogP contribution < -0.4 is 5.73 Å². The molecule has 0 spiro atoms. The van der Waals surface area contributed by atoms with Crippen molar-refractivity contribution in [1.82, 2.24) is 9.97 Å². The summed E-state index contributed by atoms with van der Waals surface area (Å²) in [6.07, 6.45) is -1.16. The van der Waals surface area contributed by atoms with Crippen molar-refractivity contribution >= 4 is 0 Å². The highest BCUT2D eigenvalue weighted by atomic mass is 19.4. The number of aryl methyl sites for hydroxylation is 1. The average molecular weight is 283 g/mol. The molecule has 0 aliphatic rings. The van der Waals surface area contributed by atoms with E-state index < -0.39 is 11.7 Å². The number of rotatable bonds is 4. The zero-order chi connectivity index (χ0) is 14.8. The molecule has 3 N–H and O–H groups in total. The van der Waals surface area contributed by atoms with Gasteiger partial charge in [0.25, 0.3) is 0 Å². The second-order valence-corrected chi connectivity index (χ2v) is 4.83. The van der Waals surface area contributed by atoms with Crippen LogP contribution in [-0.2, 0) is 12.6 Å². The van der Waals surface area contributed by atoms with Crippen LogP contribution in [0.3, 0.4) is 0 Å². The van der Waals surface area contributed by atoms with Gasteiger partial charge >= 0.3 is 6.18 Å². The maximum atomic E-state index is 12.5. The lowest BCUT2D eigenvalue weighted by Crippen LogP contribution is -2.15. The molecular weight excluding hydrogens is 267 g/mol. The monoisotopic (exact) mass is 283 g/mol. The molecule has 0 radical (unpaired) electrons. The van der Waals surface area contributed by atoms with Gasteiger partial charge in [-0.15, -0.1) is 0 Å². The van der Waals surface area contributed by atoms with Gasteiger partial charge in [-0.25, -0.2) is 4.98 Å². The van der Waals surface area contributed by atoms with Gasteiger partial charge in [-0.3, -0.25) is 0 Å². The van der Waals surface area contributed by atoms with Crippen molar-refractivity contribution in [1.29, 1.82) is 0 Å². The Morgan fingerprint density at radius 3 is 2.45 bits per heavy atom. The molecule has 0 aliphatic carbocycles. The second-order valence-electron chi connectivity index (χ2n) is 4.83. The Labute approximate surface area is 115 Å². The minimum atomic E-state index is -4.31. The summed E-state index contributed by atoms with van der Waals surface area (Å²) in [6, 6.07) is 5.10. The van der Waals surface area contributed by atoms with E-state index >= 15 is 0 Å². The summed E-state index contributed by atoms with van der Waals surface area (Å²) in [5, 5.41) is 0. The number of hydrogen-bond donors (Lipinski definition) is 2. The van der Waals surface area contributed by atoms with E-state index in [1.165, 1.54) is 12.1 Å². The van der Waals surface area contributed by atoms with E-state index in [0.29, 0.717) is 11.3 Å². The first-order valence-corrected chi connectivity index (χ1v) is 6.33. The number of nitrogens with one attached hydrogen (secondary N) is 1. The van der Waals surface area contributed by atoms with Crippen molar-refractivity contribution in [3.63, 3.8) is 0 Å². The fourth-order valence-corrected chi connectivity index (χ4v) is 1.84. The lowest BCUT2D eigenvalue weighted by atomic mass is 10.1. The molecule has 0 fully saturated rings. The minimum Gasteiger partial charge on any atom is -0.342 e. The van der Waals surface area contributed by atoms with Crippen LogP contribution in [0.5, 0.6) is 0 Å². The molecule has 0 saturated carbocycles. The number of H-pyrrole nitrogens is 1. The van der Waals surface area contributed by atoms with Crippen molar-refractivity contribution in [2.24, 2.45) is 5.73 Å². The number of nitrogens with zero attached hydrogens (tertiary/aromatic N) is 1. The van der Waals surface area contributed by atoms with Gasteiger partial charge in [-0.05, 0) is 31.0 Å². The van der Waals surface area contributed by atoms with Crippen LogP contribution >= 0.6 is 0 Å². The lowest BCUT2D eigenvalue weighted by Gasteiger charge is -2.06. The second kappa shape index (κ2) is 5.66. The van der Waals surface area contributed by atoms with Gasteiger partial charge in [-0.2, -0.15) is 13.2 Å².